The van der Waals surface area contributed by atoms with E-state index < -0.39 is 0 Å². The second-order valence-electron chi connectivity index (χ2n) is 8.08. The van der Waals surface area contributed by atoms with Crippen molar-refractivity contribution in [1.82, 2.24) is 15.6 Å². The molecule has 2 aromatic rings. The van der Waals surface area contributed by atoms with Gasteiger partial charge in [-0.15, -0.1) is 0 Å². The number of amides is 1. The first-order valence-corrected chi connectivity index (χ1v) is 11.3. The summed E-state index contributed by atoms with van der Waals surface area (Å²) in [6.45, 7) is 7.26. The van der Waals surface area contributed by atoms with Crippen molar-refractivity contribution in [3.63, 3.8) is 0 Å². The van der Waals surface area contributed by atoms with E-state index in [-0.39, 0.29) is 12.1 Å². The van der Waals surface area contributed by atoms with Crippen LogP contribution in [0, 0.1) is 0 Å². The van der Waals surface area contributed by atoms with E-state index in [0.717, 1.165) is 54.7 Å². The van der Waals surface area contributed by atoms with Crippen LogP contribution in [0.3, 0.4) is 0 Å². The number of benzene rings is 2. The van der Waals surface area contributed by atoms with Gasteiger partial charge in [0, 0.05) is 36.6 Å². The fraction of sp³-hybridized carbons (Fsp3) is 0.240. The zero-order chi connectivity index (χ0) is 23.3. The molecule has 3 aliphatic rings. The smallest absolute Gasteiger partial charge is 0.243 e. The van der Waals surface area contributed by atoms with E-state index in [4.69, 9.17) is 9.73 Å². The molecule has 3 aliphatic heterocycles. The van der Waals surface area contributed by atoms with E-state index in [0.29, 0.717) is 6.54 Å². The van der Waals surface area contributed by atoms with Gasteiger partial charge in [0.25, 0.3) is 0 Å². The van der Waals surface area contributed by atoms with E-state index in [2.05, 4.69) is 56.8 Å². The highest BCUT2D eigenvalue weighted by atomic mass is 16.5. The predicted molar refractivity (Wildman–Crippen MR) is 134 cm³/mol. The Hall–Kier alpha value is -4.11. The third kappa shape index (κ3) is 4.65. The molecule has 1 unspecified atom stereocenters. The lowest BCUT2D eigenvalue weighted by Gasteiger charge is -2.31. The van der Waals surface area contributed by atoms with E-state index in [1.54, 1.807) is 6.34 Å². The molecule has 0 radical (unpaired) electrons. The average molecular weight is 458 g/mol. The Morgan fingerprint density at radius 1 is 1.21 bits per heavy atom. The molecule has 2 aromatic carbocycles. The predicted octanol–water partition coefficient (Wildman–Crippen LogP) is 2.32. The normalized spacial score (nSPS) is 19.0. The summed E-state index contributed by atoms with van der Waals surface area (Å²) in [7, 11) is 0. The van der Waals surface area contributed by atoms with Gasteiger partial charge in [0.2, 0.25) is 5.91 Å². The maximum Gasteiger partial charge on any atom is 0.243 e. The van der Waals surface area contributed by atoms with E-state index in [9.17, 15) is 4.79 Å². The van der Waals surface area contributed by atoms with Crippen LogP contribution in [0.5, 0.6) is 0 Å². The van der Waals surface area contributed by atoms with Crippen LogP contribution in [0.2, 0.25) is 0 Å². The fourth-order valence-corrected chi connectivity index (χ4v) is 4.09. The molecule has 3 N–H and O–H groups in total. The van der Waals surface area contributed by atoms with Gasteiger partial charge in [0.05, 0.1) is 25.1 Å². The van der Waals surface area contributed by atoms with Crippen molar-refractivity contribution in [2.45, 2.75) is 12.7 Å². The van der Waals surface area contributed by atoms with Gasteiger partial charge >= 0.3 is 0 Å². The second kappa shape index (κ2) is 9.80. The molecule has 0 aliphatic carbocycles. The van der Waals surface area contributed by atoms with Gasteiger partial charge < -0.3 is 25.6 Å². The monoisotopic (exact) mass is 457 g/mol. The van der Waals surface area contributed by atoms with Gasteiger partial charge in [-0.2, -0.15) is 5.10 Å². The number of hydrazone groups is 1. The van der Waals surface area contributed by atoms with Crippen LogP contribution in [0.4, 0.5) is 11.4 Å². The Balaban J connectivity index is 1.32. The van der Waals surface area contributed by atoms with Crippen molar-refractivity contribution in [3.8, 4) is 0 Å². The third-order valence-corrected chi connectivity index (χ3v) is 5.88. The Morgan fingerprint density at radius 2 is 2.03 bits per heavy atom. The number of hydrogen-bond donors (Lipinski definition) is 3. The molecule has 9 nitrogen and oxygen atoms in total. The maximum absolute atomic E-state index is 11.5. The van der Waals surface area contributed by atoms with Crippen LogP contribution < -0.4 is 20.9 Å². The van der Waals surface area contributed by atoms with Crippen LogP contribution in [0.25, 0.3) is 5.70 Å². The van der Waals surface area contributed by atoms with Crippen molar-refractivity contribution in [1.29, 1.82) is 0 Å². The maximum atomic E-state index is 11.5. The second-order valence-corrected chi connectivity index (χ2v) is 8.08. The quantitative estimate of drug-likeness (QED) is 0.577. The number of anilines is 2. The topological polar surface area (TPSA) is 93.6 Å². The van der Waals surface area contributed by atoms with Crippen molar-refractivity contribution in [2.75, 3.05) is 36.5 Å². The molecule has 5 rings (SSSR count). The lowest BCUT2D eigenvalue weighted by molar-refractivity contribution is -0.116. The summed E-state index contributed by atoms with van der Waals surface area (Å²) in [5.41, 5.74) is 4.97. The number of nitrogens with zero attached hydrogens (tertiary/aromatic N) is 4. The van der Waals surface area contributed by atoms with Gasteiger partial charge in [0.15, 0.2) is 12.0 Å². The molecule has 0 saturated carbocycles. The molecular formula is C25H27N7O2. The van der Waals surface area contributed by atoms with E-state index in [1.807, 2.05) is 35.5 Å². The molecule has 0 spiro atoms. The molecule has 34 heavy (non-hydrogen) atoms. The number of morpholine rings is 1. The molecule has 0 aromatic heterocycles. The summed E-state index contributed by atoms with van der Waals surface area (Å²) >= 11 is 0. The molecular weight excluding hydrogens is 430 g/mol. The SMILES string of the molecule is C=CC(=O)NCc1cccc(C2=CN=C(Nc3ccc(N4CCOCC4)cc3)C3NC=NN23)c1. The van der Waals surface area contributed by atoms with Crippen molar-refractivity contribution >= 4 is 35.2 Å². The molecule has 3 heterocycles. The zero-order valence-corrected chi connectivity index (χ0v) is 18.8. The van der Waals surface area contributed by atoms with Crippen molar-refractivity contribution in [2.24, 2.45) is 10.1 Å². The van der Waals surface area contributed by atoms with E-state index >= 15 is 0 Å². The third-order valence-electron chi connectivity index (χ3n) is 5.88. The highest BCUT2D eigenvalue weighted by Gasteiger charge is 2.32. The highest BCUT2D eigenvalue weighted by molar-refractivity contribution is 6.03. The van der Waals surface area contributed by atoms with Crippen LogP contribution in [0.15, 0.2) is 77.5 Å². The summed E-state index contributed by atoms with van der Waals surface area (Å²) in [6.07, 6.45) is 4.52. The summed E-state index contributed by atoms with van der Waals surface area (Å²) in [5, 5.41) is 15.9. The average Bonchev–Trinajstić information content (AvgIpc) is 3.39. The largest absolute Gasteiger partial charge is 0.378 e. The van der Waals surface area contributed by atoms with Gasteiger partial charge in [0.1, 0.15) is 6.34 Å². The summed E-state index contributed by atoms with van der Waals surface area (Å²) < 4.78 is 5.44. The molecule has 1 atom stereocenters. The first-order chi connectivity index (χ1) is 16.7. The first-order valence-electron chi connectivity index (χ1n) is 11.3. The van der Waals surface area contributed by atoms with Crippen molar-refractivity contribution in [3.05, 3.63) is 78.5 Å². The molecule has 9 heteroatoms. The molecule has 174 valence electrons. The highest BCUT2D eigenvalue weighted by Crippen LogP contribution is 2.28. The van der Waals surface area contributed by atoms with Crippen LogP contribution in [-0.4, -0.2) is 55.6 Å². The number of rotatable bonds is 6. The Morgan fingerprint density at radius 3 is 2.82 bits per heavy atom. The van der Waals surface area contributed by atoms with Crippen LogP contribution in [-0.2, 0) is 16.1 Å². The number of fused-ring (bicyclic) bond motifs is 1. The van der Waals surface area contributed by atoms with Gasteiger partial charge in [-0.25, -0.2) is 10.0 Å². The number of carbonyl (C=O) groups is 1. The van der Waals surface area contributed by atoms with E-state index in [1.165, 1.54) is 11.8 Å². The fourth-order valence-electron chi connectivity index (χ4n) is 4.09. The number of ether oxygens (including phenoxy) is 1. The summed E-state index contributed by atoms with van der Waals surface area (Å²) in [4.78, 5) is 18.5. The van der Waals surface area contributed by atoms with Gasteiger partial charge in [-0.3, -0.25) is 4.79 Å². The Kier molecular flexibility index (Phi) is 6.26. The Bertz CT molecular complexity index is 1150. The van der Waals surface area contributed by atoms with Gasteiger partial charge in [-0.05, 0) is 42.0 Å². The van der Waals surface area contributed by atoms with Gasteiger partial charge in [-0.1, -0.05) is 24.8 Å². The number of carbonyl (C=O) groups excluding carboxylic acids is 1. The summed E-state index contributed by atoms with van der Waals surface area (Å²) in [5.74, 6) is 0.559. The van der Waals surface area contributed by atoms with Crippen molar-refractivity contribution < 1.29 is 9.53 Å². The lowest BCUT2D eigenvalue weighted by Crippen LogP contribution is -2.47. The molecule has 1 amide bonds. The number of aliphatic imine (C=N–C) groups is 1. The zero-order valence-electron chi connectivity index (χ0n) is 18.8. The first kappa shape index (κ1) is 21.7. The minimum Gasteiger partial charge on any atom is -0.378 e. The Labute approximate surface area is 198 Å². The minimum absolute atomic E-state index is 0.200. The molecule has 1 fully saturated rings. The number of amidine groups is 1. The standard InChI is InChI=1S/C25H27N7O2/c1-2-23(33)26-15-18-4-3-5-19(14-18)22-16-27-24(25-28-17-29-32(22)25)30-20-6-8-21(9-7-20)31-10-12-34-13-11-31/h2-9,14,16-17,25H,1,10-13,15H2,(H,26,33)(H,27,30)(H,28,29). The summed E-state index contributed by atoms with van der Waals surface area (Å²) in [6, 6.07) is 16.3. The minimum atomic E-state index is -0.233. The number of hydrogen-bond acceptors (Lipinski definition) is 8. The molecule has 0 bridgehead atoms. The molecule has 1 saturated heterocycles. The lowest BCUT2D eigenvalue weighted by atomic mass is 10.1. The van der Waals surface area contributed by atoms with Crippen LogP contribution in [0.1, 0.15) is 11.1 Å². The number of nitrogens with one attached hydrogen (secondary N) is 3. The van der Waals surface area contributed by atoms with Crippen LogP contribution >= 0.6 is 0 Å².